The second-order valence-corrected chi connectivity index (χ2v) is 9.03. The van der Waals surface area contributed by atoms with Gasteiger partial charge in [-0.15, -0.1) is 0 Å². The summed E-state index contributed by atoms with van der Waals surface area (Å²) in [5.74, 6) is 0.0770. The SMILES string of the molecule is COc1ccc(NC(=O)c2c3c(cn(-c4ccc(C)cc4)c2=O)C(=O)CC(C)(C)C3)cc1. The van der Waals surface area contributed by atoms with Crippen molar-refractivity contribution in [3.8, 4) is 11.4 Å². The Labute approximate surface area is 186 Å². The quantitative estimate of drug-likeness (QED) is 0.658. The zero-order valence-electron chi connectivity index (χ0n) is 18.7. The lowest BCUT2D eigenvalue weighted by atomic mass is 9.73. The van der Waals surface area contributed by atoms with Gasteiger partial charge >= 0.3 is 0 Å². The predicted octanol–water partition coefficient (Wildman–Crippen LogP) is 4.56. The number of aryl methyl sites for hydroxylation is 1. The molecule has 0 atom stereocenters. The van der Waals surface area contributed by atoms with Crippen molar-refractivity contribution in [1.29, 1.82) is 0 Å². The number of ketones is 1. The molecule has 0 unspecified atom stereocenters. The van der Waals surface area contributed by atoms with Gasteiger partial charge in [-0.1, -0.05) is 31.5 Å². The van der Waals surface area contributed by atoms with Gasteiger partial charge in [0, 0.05) is 29.6 Å². The molecule has 6 heteroatoms. The van der Waals surface area contributed by atoms with E-state index in [1.807, 2.05) is 45.0 Å². The Morgan fingerprint density at radius 1 is 1.00 bits per heavy atom. The number of aromatic nitrogens is 1. The average Bonchev–Trinajstić information content (AvgIpc) is 2.74. The van der Waals surface area contributed by atoms with Crippen molar-refractivity contribution in [1.82, 2.24) is 4.57 Å². The molecule has 2 aromatic carbocycles. The van der Waals surface area contributed by atoms with Crippen molar-refractivity contribution in [3.05, 3.63) is 87.3 Å². The van der Waals surface area contributed by atoms with E-state index in [1.54, 1.807) is 37.6 Å². The third-order valence-electron chi connectivity index (χ3n) is 5.80. The fourth-order valence-corrected chi connectivity index (χ4v) is 4.14. The summed E-state index contributed by atoms with van der Waals surface area (Å²) in [5.41, 5.74) is 2.40. The van der Waals surface area contributed by atoms with Gasteiger partial charge in [-0.25, -0.2) is 0 Å². The van der Waals surface area contributed by atoms with Crippen molar-refractivity contribution in [2.24, 2.45) is 5.41 Å². The van der Waals surface area contributed by atoms with Crippen LogP contribution >= 0.6 is 0 Å². The molecule has 4 rings (SSSR count). The summed E-state index contributed by atoms with van der Waals surface area (Å²) in [7, 11) is 1.57. The highest BCUT2D eigenvalue weighted by Crippen LogP contribution is 2.36. The lowest BCUT2D eigenvalue weighted by Crippen LogP contribution is -2.37. The minimum atomic E-state index is -0.525. The minimum absolute atomic E-state index is 0.0139. The molecule has 3 aromatic rings. The lowest BCUT2D eigenvalue weighted by molar-refractivity contribution is 0.0910. The summed E-state index contributed by atoms with van der Waals surface area (Å²) in [4.78, 5) is 39.9. The summed E-state index contributed by atoms with van der Waals surface area (Å²) in [5, 5.41) is 2.81. The Kier molecular flexibility index (Phi) is 5.46. The van der Waals surface area contributed by atoms with Crippen LogP contribution < -0.4 is 15.6 Å². The van der Waals surface area contributed by atoms with E-state index in [-0.39, 0.29) is 16.8 Å². The molecule has 6 nitrogen and oxygen atoms in total. The number of nitrogens with one attached hydrogen (secondary N) is 1. The number of carbonyl (C=O) groups excluding carboxylic acids is 2. The van der Waals surface area contributed by atoms with Gasteiger partial charge in [-0.3, -0.25) is 19.0 Å². The van der Waals surface area contributed by atoms with E-state index in [1.165, 1.54) is 4.57 Å². The number of Topliss-reactive ketones (excluding diaryl/α,β-unsaturated/α-hetero) is 1. The van der Waals surface area contributed by atoms with Gasteiger partial charge < -0.3 is 10.1 Å². The van der Waals surface area contributed by atoms with Crippen molar-refractivity contribution < 1.29 is 14.3 Å². The molecule has 0 saturated heterocycles. The molecule has 32 heavy (non-hydrogen) atoms. The molecule has 1 aliphatic carbocycles. The van der Waals surface area contributed by atoms with E-state index < -0.39 is 11.5 Å². The number of pyridine rings is 1. The summed E-state index contributed by atoms with van der Waals surface area (Å²) in [6, 6.07) is 14.3. The number of nitrogens with zero attached hydrogens (tertiary/aromatic N) is 1. The van der Waals surface area contributed by atoms with Crippen LogP contribution in [0.3, 0.4) is 0 Å². The van der Waals surface area contributed by atoms with Crippen LogP contribution in [0.25, 0.3) is 5.69 Å². The van der Waals surface area contributed by atoms with E-state index in [0.29, 0.717) is 41.1 Å². The standard InChI is InChI=1S/C26H26N2O4/c1-16-5-9-18(10-6-16)28-15-21-20(13-26(2,3)14-22(21)29)23(25(28)31)24(30)27-17-7-11-19(32-4)12-8-17/h5-12,15H,13-14H2,1-4H3,(H,27,30). The first-order valence-electron chi connectivity index (χ1n) is 10.5. The summed E-state index contributed by atoms with van der Waals surface area (Å²) in [6.45, 7) is 5.91. The van der Waals surface area contributed by atoms with Crippen LogP contribution in [0.5, 0.6) is 5.75 Å². The zero-order chi connectivity index (χ0) is 23.0. The Hall–Kier alpha value is -3.67. The number of hydrogen-bond acceptors (Lipinski definition) is 4. The molecular weight excluding hydrogens is 404 g/mol. The van der Waals surface area contributed by atoms with Crippen LogP contribution in [0, 0.1) is 12.3 Å². The van der Waals surface area contributed by atoms with Gasteiger partial charge in [0.25, 0.3) is 11.5 Å². The zero-order valence-corrected chi connectivity index (χ0v) is 18.7. The molecule has 164 valence electrons. The molecule has 1 amide bonds. The Morgan fingerprint density at radius 3 is 2.28 bits per heavy atom. The van der Waals surface area contributed by atoms with Crippen LogP contribution in [0.1, 0.15) is 52.1 Å². The lowest BCUT2D eigenvalue weighted by Gasteiger charge is -2.31. The summed E-state index contributed by atoms with van der Waals surface area (Å²) < 4.78 is 6.56. The van der Waals surface area contributed by atoms with E-state index in [2.05, 4.69) is 5.32 Å². The number of hydrogen-bond donors (Lipinski definition) is 1. The molecule has 0 saturated carbocycles. The average molecular weight is 431 g/mol. The first kappa shape index (κ1) is 21.6. The summed E-state index contributed by atoms with van der Waals surface area (Å²) in [6.07, 6.45) is 2.43. The molecular formula is C26H26N2O4. The van der Waals surface area contributed by atoms with Crippen molar-refractivity contribution >= 4 is 17.4 Å². The number of rotatable bonds is 4. The third kappa shape index (κ3) is 4.08. The van der Waals surface area contributed by atoms with E-state index >= 15 is 0 Å². The summed E-state index contributed by atoms with van der Waals surface area (Å²) >= 11 is 0. The first-order chi connectivity index (χ1) is 15.2. The highest BCUT2D eigenvalue weighted by Gasteiger charge is 2.36. The van der Waals surface area contributed by atoms with Gasteiger partial charge in [0.1, 0.15) is 11.3 Å². The van der Waals surface area contributed by atoms with E-state index in [0.717, 1.165) is 5.56 Å². The number of carbonyl (C=O) groups is 2. The molecule has 1 aromatic heterocycles. The van der Waals surface area contributed by atoms with E-state index in [9.17, 15) is 14.4 Å². The fraction of sp³-hybridized carbons (Fsp3) is 0.269. The Balaban J connectivity index is 1.86. The molecule has 0 aliphatic heterocycles. The number of ether oxygens (including phenoxy) is 1. The fourth-order valence-electron chi connectivity index (χ4n) is 4.14. The number of anilines is 1. The van der Waals surface area contributed by atoms with Crippen molar-refractivity contribution in [3.63, 3.8) is 0 Å². The Morgan fingerprint density at radius 2 is 1.66 bits per heavy atom. The molecule has 0 fully saturated rings. The van der Waals surface area contributed by atoms with Crippen LogP contribution in [-0.4, -0.2) is 23.4 Å². The predicted molar refractivity (Wildman–Crippen MR) is 124 cm³/mol. The number of amides is 1. The van der Waals surface area contributed by atoms with E-state index in [4.69, 9.17) is 4.74 Å². The highest BCUT2D eigenvalue weighted by atomic mass is 16.5. The van der Waals surface area contributed by atoms with Gasteiger partial charge in [0.05, 0.1) is 7.11 Å². The third-order valence-corrected chi connectivity index (χ3v) is 5.80. The molecule has 1 N–H and O–H groups in total. The van der Waals surface area contributed by atoms with Crippen LogP contribution in [0.15, 0.2) is 59.5 Å². The highest BCUT2D eigenvalue weighted by molar-refractivity contribution is 6.08. The molecule has 1 heterocycles. The van der Waals surface area contributed by atoms with Crippen LogP contribution in [-0.2, 0) is 6.42 Å². The second-order valence-electron chi connectivity index (χ2n) is 9.03. The number of fused-ring (bicyclic) bond motifs is 1. The topological polar surface area (TPSA) is 77.4 Å². The Bertz CT molecular complexity index is 1250. The van der Waals surface area contributed by atoms with Gasteiger partial charge in [0.2, 0.25) is 0 Å². The van der Waals surface area contributed by atoms with Crippen LogP contribution in [0.2, 0.25) is 0 Å². The van der Waals surface area contributed by atoms with Gasteiger partial charge in [0.15, 0.2) is 5.78 Å². The molecule has 0 radical (unpaired) electrons. The first-order valence-corrected chi connectivity index (χ1v) is 10.5. The number of methoxy groups -OCH3 is 1. The smallest absolute Gasteiger partial charge is 0.268 e. The largest absolute Gasteiger partial charge is 0.497 e. The van der Waals surface area contributed by atoms with Crippen molar-refractivity contribution in [2.45, 2.75) is 33.6 Å². The maximum atomic E-state index is 13.5. The van der Waals surface area contributed by atoms with Crippen molar-refractivity contribution in [2.75, 3.05) is 12.4 Å². The van der Waals surface area contributed by atoms with Crippen LogP contribution in [0.4, 0.5) is 5.69 Å². The number of benzene rings is 2. The minimum Gasteiger partial charge on any atom is -0.497 e. The normalized spacial score (nSPS) is 14.6. The molecule has 0 bridgehead atoms. The second kappa shape index (κ2) is 8.11. The van der Waals surface area contributed by atoms with Gasteiger partial charge in [-0.05, 0) is 60.7 Å². The maximum absolute atomic E-state index is 13.5. The molecule has 0 spiro atoms. The molecule has 1 aliphatic rings. The van der Waals surface area contributed by atoms with Gasteiger partial charge in [-0.2, -0.15) is 0 Å². The maximum Gasteiger partial charge on any atom is 0.268 e. The monoisotopic (exact) mass is 430 g/mol.